The van der Waals surface area contributed by atoms with E-state index >= 15 is 0 Å². The van der Waals surface area contributed by atoms with Crippen molar-refractivity contribution in [3.63, 3.8) is 0 Å². The number of fused-ring (bicyclic) bond motifs is 4. The van der Waals surface area contributed by atoms with E-state index in [0.29, 0.717) is 12.1 Å². The molecule has 1 atom stereocenters. The molecule has 1 amide bonds. The van der Waals surface area contributed by atoms with Crippen molar-refractivity contribution < 1.29 is 24.9 Å². The highest BCUT2D eigenvalue weighted by atomic mass is 32.2. The lowest BCUT2D eigenvalue weighted by Crippen LogP contribution is -2.43. The van der Waals surface area contributed by atoms with Crippen LogP contribution < -0.4 is 9.46 Å². The third-order valence-corrected chi connectivity index (χ3v) is 7.52. The lowest BCUT2D eigenvalue weighted by Gasteiger charge is -2.33. The Labute approximate surface area is 219 Å². The van der Waals surface area contributed by atoms with E-state index in [4.69, 9.17) is 4.74 Å². The fourth-order valence-corrected chi connectivity index (χ4v) is 5.42. The van der Waals surface area contributed by atoms with Crippen LogP contribution in [0, 0.1) is 19.3 Å². The highest BCUT2D eigenvalue weighted by Crippen LogP contribution is 2.31. The Morgan fingerprint density at radius 3 is 2.38 bits per heavy atom. The van der Waals surface area contributed by atoms with Gasteiger partial charge in [0.05, 0.1) is 16.6 Å². The Morgan fingerprint density at radius 1 is 1.08 bits per heavy atom. The summed E-state index contributed by atoms with van der Waals surface area (Å²) >= 11 is 0. The second kappa shape index (κ2) is 10.5. The monoisotopic (exact) mass is 528 g/mol. The van der Waals surface area contributed by atoms with Gasteiger partial charge in [-0.2, -0.15) is 4.98 Å². The van der Waals surface area contributed by atoms with Crippen molar-refractivity contribution in [2.24, 2.45) is 5.41 Å². The van der Waals surface area contributed by atoms with E-state index < -0.39 is 10.0 Å². The molecule has 0 fully saturated rings. The van der Waals surface area contributed by atoms with Crippen molar-refractivity contribution in [2.75, 3.05) is 18.4 Å². The number of carbonyl (C=O) groups excluding carboxylic acids is 1. The lowest BCUT2D eigenvalue weighted by molar-refractivity contribution is 0.0613. The number of nitrogens with zero attached hydrogens (tertiary/aromatic N) is 3. The summed E-state index contributed by atoms with van der Waals surface area (Å²) in [4.78, 5) is 23.8. The summed E-state index contributed by atoms with van der Waals surface area (Å²) in [5.74, 6) is -0.147. The zero-order chi connectivity index (χ0) is 26.3. The van der Waals surface area contributed by atoms with E-state index in [9.17, 15) is 13.2 Å². The predicted molar refractivity (Wildman–Crippen MR) is 145 cm³/mol. The Balaban J connectivity index is 0.00000253. The van der Waals surface area contributed by atoms with Gasteiger partial charge >= 0.3 is 0 Å². The maximum absolute atomic E-state index is 13.3. The number of amides is 1. The number of carbonyl (C=O) groups is 1. The SMILES string of the molecule is Cc1cccc(C)c1-c1cc2nc(n1)NS(=O)(=O)c1cccc(c1)C(=O)N(C)[C@H](CC(C)(C)C)CO2.O.[HH]. The van der Waals surface area contributed by atoms with E-state index in [-0.39, 0.29) is 53.2 Å². The summed E-state index contributed by atoms with van der Waals surface area (Å²) < 4.78 is 35.1. The first-order valence-electron chi connectivity index (χ1n) is 11.8. The maximum atomic E-state index is 13.3. The second-order valence-corrected chi connectivity index (χ2v) is 12.1. The average molecular weight is 529 g/mol. The fourth-order valence-electron chi connectivity index (χ4n) is 4.43. The van der Waals surface area contributed by atoms with Crippen LogP contribution in [0.5, 0.6) is 5.88 Å². The molecule has 1 aromatic heterocycles. The van der Waals surface area contributed by atoms with E-state index in [0.717, 1.165) is 16.7 Å². The van der Waals surface area contributed by atoms with Crippen LogP contribution in [0.25, 0.3) is 11.3 Å². The molecule has 0 saturated carbocycles. The zero-order valence-corrected chi connectivity index (χ0v) is 22.8. The quantitative estimate of drug-likeness (QED) is 0.529. The number of aryl methyl sites for hydroxylation is 2. The molecule has 0 radical (unpaired) electrons. The van der Waals surface area contributed by atoms with Gasteiger partial charge in [0.15, 0.2) is 0 Å². The van der Waals surface area contributed by atoms with Crippen LogP contribution in [-0.4, -0.2) is 54.4 Å². The van der Waals surface area contributed by atoms with Crippen LogP contribution in [0.1, 0.15) is 50.1 Å². The van der Waals surface area contributed by atoms with Gasteiger partial charge in [-0.15, -0.1) is 0 Å². The number of benzene rings is 2. The molecule has 37 heavy (non-hydrogen) atoms. The molecule has 1 aliphatic rings. The van der Waals surface area contributed by atoms with Gasteiger partial charge in [0.2, 0.25) is 11.8 Å². The number of rotatable bonds is 2. The van der Waals surface area contributed by atoms with Crippen LogP contribution in [0.3, 0.4) is 0 Å². The standard InChI is InChI=1S/C27H32N4O4S.H2O.H2/c1-17-9-7-10-18(2)24(17)22-14-23-29-26(28-22)30-36(33,34)21-12-8-11-19(13-21)25(32)31(6)20(16-35-23)15-27(3,4)5;;/h7-14,20H,15-16H2,1-6H3,(H,28,29,30);1H2;1H/t20-;;/m1../s1. The molecule has 0 spiro atoms. The van der Waals surface area contributed by atoms with Crippen molar-refractivity contribution in [3.8, 4) is 17.1 Å². The molecule has 2 aromatic carbocycles. The molecular formula is C27H36N4O5S. The summed E-state index contributed by atoms with van der Waals surface area (Å²) in [5.41, 5.74) is 3.62. The summed E-state index contributed by atoms with van der Waals surface area (Å²) in [6.45, 7) is 10.4. The Bertz CT molecular complexity index is 1400. The van der Waals surface area contributed by atoms with Crippen molar-refractivity contribution in [3.05, 3.63) is 65.2 Å². The van der Waals surface area contributed by atoms with Gasteiger partial charge in [-0.1, -0.05) is 45.0 Å². The van der Waals surface area contributed by atoms with Crippen molar-refractivity contribution in [1.82, 2.24) is 14.9 Å². The normalized spacial score (nSPS) is 17.3. The molecule has 200 valence electrons. The average Bonchev–Trinajstić information content (AvgIpc) is 2.79. The minimum Gasteiger partial charge on any atom is -0.475 e. The Kier molecular flexibility index (Phi) is 7.94. The molecule has 10 heteroatoms. The molecular weight excluding hydrogens is 492 g/mol. The summed E-state index contributed by atoms with van der Waals surface area (Å²) in [6, 6.07) is 13.3. The van der Waals surface area contributed by atoms with Gasteiger partial charge < -0.3 is 15.1 Å². The highest BCUT2D eigenvalue weighted by molar-refractivity contribution is 7.92. The predicted octanol–water partition coefficient (Wildman–Crippen LogP) is 4.25. The number of hydrogen-bond donors (Lipinski definition) is 1. The number of anilines is 1. The van der Waals surface area contributed by atoms with Gasteiger partial charge in [-0.05, 0) is 55.0 Å². The minimum absolute atomic E-state index is 0. The molecule has 3 aromatic rings. The van der Waals surface area contributed by atoms with Gasteiger partial charge in [-0.3, -0.25) is 4.79 Å². The van der Waals surface area contributed by atoms with E-state index in [1.54, 1.807) is 30.1 Å². The molecule has 0 unspecified atom stereocenters. The first kappa shape index (κ1) is 28.1. The lowest BCUT2D eigenvalue weighted by atomic mass is 9.87. The first-order chi connectivity index (χ1) is 16.8. The number of hydrogen-bond acceptors (Lipinski definition) is 6. The van der Waals surface area contributed by atoms with Gasteiger partial charge in [0.25, 0.3) is 15.9 Å². The van der Waals surface area contributed by atoms with Crippen LogP contribution in [0.2, 0.25) is 0 Å². The molecule has 1 aliphatic heterocycles. The maximum Gasteiger partial charge on any atom is 0.264 e. The van der Waals surface area contributed by atoms with Crippen molar-refractivity contribution in [2.45, 2.75) is 52.0 Å². The molecule has 2 heterocycles. The van der Waals surface area contributed by atoms with Crippen LogP contribution >= 0.6 is 0 Å². The van der Waals surface area contributed by atoms with Crippen molar-refractivity contribution in [1.29, 1.82) is 0 Å². The van der Waals surface area contributed by atoms with Crippen LogP contribution in [0.15, 0.2) is 53.4 Å². The fraction of sp³-hybridized carbons (Fsp3) is 0.370. The number of sulfonamides is 1. The molecule has 9 nitrogen and oxygen atoms in total. The third kappa shape index (κ3) is 6.26. The van der Waals surface area contributed by atoms with Crippen molar-refractivity contribution >= 4 is 21.9 Å². The van der Waals surface area contributed by atoms with Crippen LogP contribution in [0.4, 0.5) is 5.95 Å². The molecule has 0 aliphatic carbocycles. The van der Waals surface area contributed by atoms with Gasteiger partial charge in [-0.25, -0.2) is 18.1 Å². The first-order valence-corrected chi connectivity index (χ1v) is 13.3. The molecule has 4 rings (SSSR count). The number of aromatic nitrogens is 2. The smallest absolute Gasteiger partial charge is 0.264 e. The van der Waals surface area contributed by atoms with E-state index in [1.807, 2.05) is 32.0 Å². The minimum atomic E-state index is -4.06. The largest absolute Gasteiger partial charge is 0.475 e. The second-order valence-electron chi connectivity index (χ2n) is 10.5. The highest BCUT2D eigenvalue weighted by Gasteiger charge is 2.29. The van der Waals surface area contributed by atoms with E-state index in [2.05, 4.69) is 35.5 Å². The Hall–Kier alpha value is -3.50. The van der Waals surface area contributed by atoms with Crippen LogP contribution in [-0.2, 0) is 10.0 Å². The zero-order valence-electron chi connectivity index (χ0n) is 22.0. The number of ether oxygens (including phenoxy) is 1. The molecule has 3 N–H and O–H groups in total. The summed E-state index contributed by atoms with van der Waals surface area (Å²) in [7, 11) is -2.35. The summed E-state index contributed by atoms with van der Waals surface area (Å²) in [6.07, 6.45) is 0.674. The van der Waals surface area contributed by atoms with Gasteiger partial charge in [0.1, 0.15) is 6.61 Å². The Morgan fingerprint density at radius 2 is 1.73 bits per heavy atom. The van der Waals surface area contributed by atoms with Gasteiger partial charge in [0, 0.05) is 25.7 Å². The third-order valence-electron chi connectivity index (χ3n) is 6.20. The molecule has 4 bridgehead atoms. The number of nitrogens with one attached hydrogen (secondary N) is 1. The van der Waals surface area contributed by atoms with E-state index in [1.165, 1.54) is 12.1 Å². The number of likely N-dealkylation sites (N-methyl/N-ethyl adjacent to an activating group) is 1. The molecule has 0 saturated heterocycles. The topological polar surface area (TPSA) is 133 Å². The summed E-state index contributed by atoms with van der Waals surface area (Å²) in [5, 5.41) is 0.